The first-order chi connectivity index (χ1) is 8.43. The number of aromatic carboxylic acids is 1. The number of aromatic nitrogens is 1. The molecule has 1 aromatic rings. The summed E-state index contributed by atoms with van der Waals surface area (Å²) in [5, 5.41) is 11.5. The molecule has 0 bridgehead atoms. The van der Waals surface area contributed by atoms with Crippen molar-refractivity contribution in [1.29, 1.82) is 0 Å². The van der Waals surface area contributed by atoms with Crippen LogP contribution in [-0.4, -0.2) is 28.0 Å². The third-order valence-electron chi connectivity index (χ3n) is 2.42. The van der Waals surface area contributed by atoms with E-state index in [1.807, 2.05) is 13.8 Å². The highest BCUT2D eigenvalue weighted by Gasteiger charge is 2.13. The van der Waals surface area contributed by atoms with E-state index in [-0.39, 0.29) is 17.4 Å². The SMILES string of the molecule is CCCC(C)NC(=O)c1cc(=O)cc(C(=O)O)[nH]1. The van der Waals surface area contributed by atoms with E-state index in [4.69, 9.17) is 5.11 Å². The van der Waals surface area contributed by atoms with Crippen LogP contribution in [0.4, 0.5) is 0 Å². The van der Waals surface area contributed by atoms with Gasteiger partial charge in [-0.05, 0) is 13.3 Å². The summed E-state index contributed by atoms with van der Waals surface area (Å²) in [7, 11) is 0. The maximum atomic E-state index is 11.8. The highest BCUT2D eigenvalue weighted by molar-refractivity contribution is 5.94. The lowest BCUT2D eigenvalue weighted by Crippen LogP contribution is -2.33. The summed E-state index contributed by atoms with van der Waals surface area (Å²) in [6.07, 6.45) is 1.74. The molecule has 0 aliphatic carbocycles. The Morgan fingerprint density at radius 3 is 2.56 bits per heavy atom. The summed E-state index contributed by atoms with van der Waals surface area (Å²) in [5.41, 5.74) is -0.849. The minimum Gasteiger partial charge on any atom is -0.477 e. The minimum atomic E-state index is -1.27. The molecule has 0 saturated heterocycles. The average molecular weight is 252 g/mol. The monoisotopic (exact) mass is 252 g/mol. The molecule has 0 saturated carbocycles. The molecular formula is C12H16N2O4. The van der Waals surface area contributed by atoms with Crippen molar-refractivity contribution in [2.45, 2.75) is 32.7 Å². The largest absolute Gasteiger partial charge is 0.477 e. The van der Waals surface area contributed by atoms with Crippen molar-refractivity contribution in [3.8, 4) is 0 Å². The van der Waals surface area contributed by atoms with Gasteiger partial charge in [0.15, 0.2) is 5.43 Å². The topological polar surface area (TPSA) is 99.3 Å². The van der Waals surface area contributed by atoms with Crippen LogP contribution in [0, 0.1) is 0 Å². The highest BCUT2D eigenvalue weighted by Crippen LogP contribution is 1.99. The van der Waals surface area contributed by atoms with Gasteiger partial charge in [0, 0.05) is 18.2 Å². The van der Waals surface area contributed by atoms with Crippen molar-refractivity contribution in [2.75, 3.05) is 0 Å². The third kappa shape index (κ3) is 3.73. The Hall–Kier alpha value is -2.11. The number of pyridine rings is 1. The molecule has 6 heteroatoms. The molecule has 98 valence electrons. The van der Waals surface area contributed by atoms with Crippen LogP contribution >= 0.6 is 0 Å². The second-order valence-electron chi connectivity index (χ2n) is 4.11. The van der Waals surface area contributed by atoms with E-state index in [9.17, 15) is 14.4 Å². The van der Waals surface area contributed by atoms with Gasteiger partial charge in [-0.1, -0.05) is 13.3 Å². The van der Waals surface area contributed by atoms with Gasteiger partial charge in [-0.2, -0.15) is 0 Å². The Kier molecular flexibility index (Phi) is 4.65. The molecule has 3 N–H and O–H groups in total. The lowest BCUT2D eigenvalue weighted by atomic mass is 10.2. The lowest BCUT2D eigenvalue weighted by Gasteiger charge is -2.12. The Morgan fingerprint density at radius 1 is 1.39 bits per heavy atom. The van der Waals surface area contributed by atoms with Crippen molar-refractivity contribution in [2.24, 2.45) is 0 Å². The fourth-order valence-corrected chi connectivity index (χ4v) is 1.59. The predicted molar refractivity (Wildman–Crippen MR) is 65.9 cm³/mol. The first-order valence-corrected chi connectivity index (χ1v) is 5.72. The molecule has 0 radical (unpaired) electrons. The number of H-pyrrole nitrogens is 1. The van der Waals surface area contributed by atoms with Crippen LogP contribution in [0.25, 0.3) is 0 Å². The van der Waals surface area contributed by atoms with Gasteiger partial charge < -0.3 is 15.4 Å². The third-order valence-corrected chi connectivity index (χ3v) is 2.42. The lowest BCUT2D eigenvalue weighted by molar-refractivity contribution is 0.0690. The summed E-state index contributed by atoms with van der Waals surface area (Å²) in [6.45, 7) is 3.84. The molecule has 1 atom stereocenters. The molecule has 1 rings (SSSR count). The molecule has 6 nitrogen and oxygen atoms in total. The summed E-state index contributed by atoms with van der Waals surface area (Å²) in [6, 6.07) is 1.99. The number of carbonyl (C=O) groups excluding carboxylic acids is 1. The van der Waals surface area contributed by atoms with E-state index in [1.54, 1.807) is 0 Å². The van der Waals surface area contributed by atoms with Crippen LogP contribution < -0.4 is 10.7 Å². The van der Waals surface area contributed by atoms with Crippen LogP contribution in [-0.2, 0) is 0 Å². The maximum Gasteiger partial charge on any atom is 0.352 e. The first-order valence-electron chi connectivity index (χ1n) is 5.72. The number of hydrogen-bond acceptors (Lipinski definition) is 3. The highest BCUT2D eigenvalue weighted by atomic mass is 16.4. The number of amides is 1. The number of rotatable bonds is 5. The molecule has 1 heterocycles. The zero-order valence-electron chi connectivity index (χ0n) is 10.3. The van der Waals surface area contributed by atoms with Crippen molar-refractivity contribution >= 4 is 11.9 Å². The van der Waals surface area contributed by atoms with Crippen molar-refractivity contribution in [1.82, 2.24) is 10.3 Å². The van der Waals surface area contributed by atoms with Gasteiger partial charge in [-0.15, -0.1) is 0 Å². The molecule has 0 spiro atoms. The van der Waals surface area contributed by atoms with E-state index < -0.39 is 17.3 Å². The summed E-state index contributed by atoms with van der Waals surface area (Å²) >= 11 is 0. The molecular weight excluding hydrogens is 236 g/mol. The van der Waals surface area contributed by atoms with Crippen molar-refractivity contribution in [3.05, 3.63) is 33.7 Å². The number of nitrogens with one attached hydrogen (secondary N) is 2. The van der Waals surface area contributed by atoms with E-state index in [0.717, 1.165) is 25.0 Å². The molecule has 0 fully saturated rings. The molecule has 1 amide bonds. The van der Waals surface area contributed by atoms with Gasteiger partial charge in [0.2, 0.25) is 0 Å². The van der Waals surface area contributed by atoms with Crippen molar-refractivity contribution in [3.63, 3.8) is 0 Å². The normalized spacial score (nSPS) is 11.9. The van der Waals surface area contributed by atoms with E-state index in [1.165, 1.54) is 0 Å². The Balaban J connectivity index is 2.92. The second-order valence-corrected chi connectivity index (χ2v) is 4.11. The zero-order valence-corrected chi connectivity index (χ0v) is 10.3. The fourth-order valence-electron chi connectivity index (χ4n) is 1.59. The standard InChI is InChI=1S/C12H16N2O4/c1-3-4-7(2)13-11(16)9-5-8(15)6-10(14-9)12(17)18/h5-7H,3-4H2,1-2H3,(H,13,16)(H,14,15)(H,17,18). The van der Waals surface area contributed by atoms with Gasteiger partial charge in [0.25, 0.3) is 5.91 Å². The molecule has 1 aromatic heterocycles. The second kappa shape index (κ2) is 6.00. The van der Waals surface area contributed by atoms with E-state index >= 15 is 0 Å². The van der Waals surface area contributed by atoms with Gasteiger partial charge >= 0.3 is 5.97 Å². The summed E-state index contributed by atoms with van der Waals surface area (Å²) in [4.78, 5) is 36.2. The van der Waals surface area contributed by atoms with Gasteiger partial charge in [0.05, 0.1) is 0 Å². The Morgan fingerprint density at radius 2 is 2.00 bits per heavy atom. The summed E-state index contributed by atoms with van der Waals surface area (Å²) < 4.78 is 0. The van der Waals surface area contributed by atoms with Crippen LogP contribution in [0.5, 0.6) is 0 Å². The van der Waals surface area contributed by atoms with Gasteiger partial charge in [-0.25, -0.2) is 4.79 Å². The van der Waals surface area contributed by atoms with Crippen LogP contribution in [0.1, 0.15) is 47.7 Å². The maximum absolute atomic E-state index is 11.8. The smallest absolute Gasteiger partial charge is 0.352 e. The van der Waals surface area contributed by atoms with E-state index in [0.29, 0.717) is 0 Å². The number of carboxylic acid groups (broad SMARTS) is 1. The fraction of sp³-hybridized carbons (Fsp3) is 0.417. The molecule has 0 aromatic carbocycles. The van der Waals surface area contributed by atoms with E-state index in [2.05, 4.69) is 10.3 Å². The quantitative estimate of drug-likeness (QED) is 0.727. The number of aromatic amines is 1. The molecule has 1 unspecified atom stereocenters. The zero-order chi connectivity index (χ0) is 13.7. The predicted octanol–water partition coefficient (Wildman–Crippen LogP) is 0.991. The van der Waals surface area contributed by atoms with Crippen molar-refractivity contribution < 1.29 is 14.7 Å². The molecule has 18 heavy (non-hydrogen) atoms. The summed E-state index contributed by atoms with van der Waals surface area (Å²) in [5.74, 6) is -1.75. The molecule has 0 aliphatic rings. The van der Waals surface area contributed by atoms with Crippen LogP contribution in [0.3, 0.4) is 0 Å². The van der Waals surface area contributed by atoms with Crippen LogP contribution in [0.15, 0.2) is 16.9 Å². The Bertz CT molecular complexity index is 507. The van der Waals surface area contributed by atoms with Gasteiger partial charge in [0.1, 0.15) is 11.4 Å². The number of hydrogen-bond donors (Lipinski definition) is 3. The average Bonchev–Trinajstić information content (AvgIpc) is 2.28. The Labute approximate surface area is 104 Å². The van der Waals surface area contributed by atoms with Gasteiger partial charge in [-0.3, -0.25) is 9.59 Å². The minimum absolute atomic E-state index is 0.0283. The number of carboxylic acids is 1. The van der Waals surface area contributed by atoms with Crippen LogP contribution in [0.2, 0.25) is 0 Å². The number of carbonyl (C=O) groups is 2. The molecule has 0 aliphatic heterocycles. The first kappa shape index (κ1) is 14.0.